The zero-order valence-corrected chi connectivity index (χ0v) is 11.8. The minimum Gasteiger partial charge on any atom is -0.378 e. The fourth-order valence-corrected chi connectivity index (χ4v) is 2.66. The molecule has 0 aromatic heterocycles. The van der Waals surface area contributed by atoms with Crippen molar-refractivity contribution in [2.45, 2.75) is 51.5 Å². The molecule has 0 amide bonds. The number of methoxy groups -OCH3 is 1. The molecule has 0 N–H and O–H groups in total. The molecule has 0 unspecified atom stereocenters. The van der Waals surface area contributed by atoms with Gasteiger partial charge in [-0.1, -0.05) is 0 Å². The molecule has 4 heteroatoms. The summed E-state index contributed by atoms with van der Waals surface area (Å²) in [6.45, 7) is 7.60. The van der Waals surface area contributed by atoms with E-state index in [1.807, 2.05) is 0 Å². The monoisotopic (exact) mass is 259 g/mol. The predicted octanol–water partition coefficient (Wildman–Crippen LogP) is 2.25. The quantitative estimate of drug-likeness (QED) is 0.730. The van der Waals surface area contributed by atoms with Gasteiger partial charge in [-0.15, -0.1) is 0 Å². The minimum absolute atomic E-state index is 0.249. The lowest BCUT2D eigenvalue weighted by molar-refractivity contribution is -0.0378. The average Bonchev–Trinajstić information content (AvgIpc) is 3.10. The largest absolute Gasteiger partial charge is 0.378 e. The van der Waals surface area contributed by atoms with Gasteiger partial charge >= 0.3 is 0 Å². The highest BCUT2D eigenvalue weighted by Crippen LogP contribution is 2.47. The number of hydrogen-bond acceptors (Lipinski definition) is 3. The van der Waals surface area contributed by atoms with E-state index in [0.717, 1.165) is 26.2 Å². The summed E-state index contributed by atoms with van der Waals surface area (Å²) in [6, 6.07) is 0. The lowest BCUT2D eigenvalue weighted by Gasteiger charge is -2.36. The van der Waals surface area contributed by atoms with Gasteiger partial charge in [0.25, 0.3) is 0 Å². The molecule has 0 radical (unpaired) electrons. The molecule has 0 bridgehead atoms. The number of alkyl halides is 1. The number of hydrogen-bond donors (Lipinski definition) is 0. The van der Waals surface area contributed by atoms with Crippen LogP contribution in [-0.2, 0) is 9.47 Å². The molecular weight excluding hydrogens is 233 g/mol. The summed E-state index contributed by atoms with van der Waals surface area (Å²) in [5.74, 6) is 0. The second kappa shape index (κ2) is 5.85. The standard InChI is InChI=1S/C14H26FNO2/c1-11(2)18-10-14(5-6-14)9-16-7-4-12(15)13(8-16)17-3/h11-13H,4-10H2,1-3H3/t12-,13+/m1/s1. The Morgan fingerprint density at radius 3 is 2.67 bits per heavy atom. The van der Waals surface area contributed by atoms with Crippen LogP contribution in [0.4, 0.5) is 4.39 Å². The Morgan fingerprint density at radius 1 is 1.39 bits per heavy atom. The van der Waals surface area contributed by atoms with Gasteiger partial charge < -0.3 is 9.47 Å². The third-order valence-electron chi connectivity index (χ3n) is 4.10. The molecular formula is C14H26FNO2. The summed E-state index contributed by atoms with van der Waals surface area (Å²) >= 11 is 0. The highest BCUT2D eigenvalue weighted by atomic mass is 19.1. The van der Waals surface area contributed by atoms with E-state index >= 15 is 0 Å². The smallest absolute Gasteiger partial charge is 0.129 e. The SMILES string of the molecule is CO[C@H]1CN(CC2(COC(C)C)CC2)CC[C@H]1F. The van der Waals surface area contributed by atoms with Crippen LogP contribution in [0.5, 0.6) is 0 Å². The van der Waals surface area contributed by atoms with Crippen molar-refractivity contribution in [2.75, 3.05) is 33.4 Å². The molecule has 18 heavy (non-hydrogen) atoms. The maximum absolute atomic E-state index is 13.5. The normalized spacial score (nSPS) is 31.8. The highest BCUT2D eigenvalue weighted by Gasteiger charge is 2.45. The van der Waals surface area contributed by atoms with E-state index in [-0.39, 0.29) is 6.10 Å². The molecule has 1 saturated carbocycles. The van der Waals surface area contributed by atoms with Gasteiger partial charge in [-0.25, -0.2) is 4.39 Å². The molecule has 1 saturated heterocycles. The number of rotatable bonds is 6. The first-order valence-electron chi connectivity index (χ1n) is 7.05. The number of piperidine rings is 1. The number of nitrogens with zero attached hydrogens (tertiary/aromatic N) is 1. The third-order valence-corrected chi connectivity index (χ3v) is 4.10. The van der Waals surface area contributed by atoms with Crippen LogP contribution in [0.2, 0.25) is 0 Å². The summed E-state index contributed by atoms with van der Waals surface area (Å²) in [7, 11) is 1.61. The Labute approximate surface area is 110 Å². The predicted molar refractivity (Wildman–Crippen MR) is 69.5 cm³/mol. The van der Waals surface area contributed by atoms with Gasteiger partial charge in [0, 0.05) is 32.2 Å². The van der Waals surface area contributed by atoms with Crippen LogP contribution in [0.1, 0.15) is 33.1 Å². The van der Waals surface area contributed by atoms with Crippen LogP contribution in [0.15, 0.2) is 0 Å². The van der Waals surface area contributed by atoms with Crippen molar-refractivity contribution in [1.29, 1.82) is 0 Å². The first-order chi connectivity index (χ1) is 8.54. The average molecular weight is 259 g/mol. The van der Waals surface area contributed by atoms with Crippen molar-refractivity contribution in [2.24, 2.45) is 5.41 Å². The molecule has 1 heterocycles. The molecule has 0 spiro atoms. The maximum Gasteiger partial charge on any atom is 0.129 e. The Balaban J connectivity index is 1.79. The van der Waals surface area contributed by atoms with Crippen LogP contribution in [0.25, 0.3) is 0 Å². The molecule has 1 aliphatic carbocycles. The number of ether oxygens (including phenoxy) is 2. The van der Waals surface area contributed by atoms with E-state index in [0.29, 0.717) is 17.9 Å². The molecule has 106 valence electrons. The van der Waals surface area contributed by atoms with Gasteiger partial charge in [0.15, 0.2) is 0 Å². The van der Waals surface area contributed by atoms with Crippen LogP contribution < -0.4 is 0 Å². The van der Waals surface area contributed by atoms with Crippen molar-refractivity contribution in [3.63, 3.8) is 0 Å². The van der Waals surface area contributed by atoms with Crippen LogP contribution >= 0.6 is 0 Å². The second-order valence-electron chi connectivity index (χ2n) is 6.17. The zero-order valence-electron chi connectivity index (χ0n) is 11.8. The molecule has 2 rings (SSSR count). The van der Waals surface area contributed by atoms with E-state index in [2.05, 4.69) is 18.7 Å². The highest BCUT2D eigenvalue weighted by molar-refractivity contribution is 4.97. The third kappa shape index (κ3) is 3.65. The van der Waals surface area contributed by atoms with Crippen molar-refractivity contribution in [3.8, 4) is 0 Å². The summed E-state index contributed by atoms with van der Waals surface area (Å²) in [4.78, 5) is 2.35. The van der Waals surface area contributed by atoms with Gasteiger partial charge in [-0.3, -0.25) is 4.90 Å². The molecule has 2 fully saturated rings. The minimum atomic E-state index is -0.798. The summed E-state index contributed by atoms with van der Waals surface area (Å²) in [6.07, 6.45) is 2.33. The molecule has 0 aromatic carbocycles. The first-order valence-corrected chi connectivity index (χ1v) is 7.05. The lowest BCUT2D eigenvalue weighted by atomic mass is 10.0. The van der Waals surface area contributed by atoms with E-state index < -0.39 is 6.17 Å². The van der Waals surface area contributed by atoms with Crippen molar-refractivity contribution in [3.05, 3.63) is 0 Å². The Hall–Kier alpha value is -0.190. The van der Waals surface area contributed by atoms with Gasteiger partial charge in [0.1, 0.15) is 12.3 Å². The van der Waals surface area contributed by atoms with E-state index in [1.165, 1.54) is 12.8 Å². The van der Waals surface area contributed by atoms with Crippen molar-refractivity contribution < 1.29 is 13.9 Å². The van der Waals surface area contributed by atoms with Crippen LogP contribution in [-0.4, -0.2) is 56.6 Å². The Bertz CT molecular complexity index is 269. The molecule has 3 nitrogen and oxygen atoms in total. The van der Waals surface area contributed by atoms with E-state index in [9.17, 15) is 4.39 Å². The second-order valence-corrected chi connectivity index (χ2v) is 6.17. The summed E-state index contributed by atoms with van der Waals surface area (Å²) < 4.78 is 24.5. The van der Waals surface area contributed by atoms with Gasteiger partial charge in [0.2, 0.25) is 0 Å². The van der Waals surface area contributed by atoms with Crippen LogP contribution in [0, 0.1) is 5.41 Å². The fourth-order valence-electron chi connectivity index (χ4n) is 2.66. The maximum atomic E-state index is 13.5. The lowest BCUT2D eigenvalue weighted by Crippen LogP contribution is -2.48. The fraction of sp³-hybridized carbons (Fsp3) is 1.00. The summed E-state index contributed by atoms with van der Waals surface area (Å²) in [5, 5.41) is 0. The van der Waals surface area contributed by atoms with Gasteiger partial charge in [-0.05, 0) is 33.1 Å². The van der Waals surface area contributed by atoms with Crippen LogP contribution in [0.3, 0.4) is 0 Å². The number of likely N-dealkylation sites (tertiary alicyclic amines) is 1. The summed E-state index contributed by atoms with van der Waals surface area (Å²) in [5.41, 5.74) is 0.339. The topological polar surface area (TPSA) is 21.7 Å². The van der Waals surface area contributed by atoms with E-state index in [4.69, 9.17) is 9.47 Å². The van der Waals surface area contributed by atoms with Gasteiger partial charge in [-0.2, -0.15) is 0 Å². The number of halogens is 1. The molecule has 2 aliphatic rings. The molecule has 0 aromatic rings. The van der Waals surface area contributed by atoms with Crippen molar-refractivity contribution >= 4 is 0 Å². The Morgan fingerprint density at radius 2 is 2.11 bits per heavy atom. The Kier molecular flexibility index (Phi) is 4.62. The van der Waals surface area contributed by atoms with Crippen molar-refractivity contribution in [1.82, 2.24) is 4.90 Å². The van der Waals surface area contributed by atoms with Gasteiger partial charge in [0.05, 0.1) is 12.7 Å². The molecule has 1 aliphatic heterocycles. The first kappa shape index (κ1) is 14.2. The molecule has 2 atom stereocenters. The van der Waals surface area contributed by atoms with E-state index in [1.54, 1.807) is 7.11 Å². The zero-order chi connectivity index (χ0) is 13.2.